The zero-order valence-electron chi connectivity index (χ0n) is 9.67. The van der Waals surface area contributed by atoms with Crippen LogP contribution in [0.3, 0.4) is 0 Å². The lowest BCUT2D eigenvalue weighted by Crippen LogP contribution is -2.47. The summed E-state index contributed by atoms with van der Waals surface area (Å²) in [6.07, 6.45) is 6.54. The third kappa shape index (κ3) is 2.17. The number of nitrogens with two attached hydrogens (primary N) is 1. The molecule has 0 radical (unpaired) electrons. The van der Waals surface area contributed by atoms with Crippen molar-refractivity contribution in [1.82, 2.24) is 4.90 Å². The van der Waals surface area contributed by atoms with Crippen molar-refractivity contribution in [3.8, 4) is 0 Å². The fourth-order valence-electron chi connectivity index (χ4n) is 2.85. The molecule has 2 aliphatic rings. The first-order valence-electron chi connectivity index (χ1n) is 6.17. The SMILES string of the molecule is CC1(C(=O)N2CCC(N)CC2)CCCC1. The lowest BCUT2D eigenvalue weighted by atomic mass is 9.86. The summed E-state index contributed by atoms with van der Waals surface area (Å²) in [5, 5.41) is 0. The van der Waals surface area contributed by atoms with Crippen LogP contribution in [0.5, 0.6) is 0 Å². The van der Waals surface area contributed by atoms with Crippen LogP contribution in [0, 0.1) is 5.41 Å². The van der Waals surface area contributed by atoms with Gasteiger partial charge in [0.2, 0.25) is 5.91 Å². The van der Waals surface area contributed by atoms with Crippen LogP contribution >= 0.6 is 0 Å². The Bertz CT molecular complexity index is 238. The largest absolute Gasteiger partial charge is 0.342 e. The molecule has 0 atom stereocenters. The monoisotopic (exact) mass is 210 g/mol. The molecule has 0 spiro atoms. The molecule has 0 unspecified atom stereocenters. The highest BCUT2D eigenvalue weighted by Crippen LogP contribution is 2.39. The van der Waals surface area contributed by atoms with Crippen LogP contribution in [0.25, 0.3) is 0 Å². The van der Waals surface area contributed by atoms with Crippen LogP contribution in [-0.2, 0) is 4.79 Å². The van der Waals surface area contributed by atoms with Gasteiger partial charge in [-0.1, -0.05) is 19.8 Å². The molecule has 2 rings (SSSR count). The number of carbonyl (C=O) groups is 1. The number of nitrogens with zero attached hydrogens (tertiary/aromatic N) is 1. The van der Waals surface area contributed by atoms with E-state index in [4.69, 9.17) is 5.73 Å². The molecule has 2 N–H and O–H groups in total. The Balaban J connectivity index is 1.95. The van der Waals surface area contributed by atoms with Gasteiger partial charge in [-0.05, 0) is 25.7 Å². The molecule has 0 aromatic carbocycles. The van der Waals surface area contributed by atoms with Gasteiger partial charge in [-0.2, -0.15) is 0 Å². The van der Waals surface area contributed by atoms with E-state index in [-0.39, 0.29) is 5.41 Å². The predicted octanol–water partition coefficient (Wildman–Crippen LogP) is 1.52. The molecule has 86 valence electrons. The van der Waals surface area contributed by atoms with Crippen LogP contribution in [0.15, 0.2) is 0 Å². The third-order valence-corrected chi connectivity index (χ3v) is 4.05. The molecule has 3 heteroatoms. The number of hydrogen-bond donors (Lipinski definition) is 1. The van der Waals surface area contributed by atoms with Gasteiger partial charge in [0.15, 0.2) is 0 Å². The molecule has 1 amide bonds. The first kappa shape index (κ1) is 10.9. The number of piperidine rings is 1. The van der Waals surface area contributed by atoms with E-state index in [9.17, 15) is 4.79 Å². The minimum atomic E-state index is -0.0541. The highest BCUT2D eigenvalue weighted by atomic mass is 16.2. The molecule has 0 aromatic heterocycles. The highest BCUT2D eigenvalue weighted by Gasteiger charge is 2.39. The summed E-state index contributed by atoms with van der Waals surface area (Å²) < 4.78 is 0. The number of amides is 1. The van der Waals surface area contributed by atoms with E-state index in [0.717, 1.165) is 38.8 Å². The van der Waals surface area contributed by atoms with E-state index in [1.54, 1.807) is 0 Å². The van der Waals surface area contributed by atoms with Gasteiger partial charge in [0.05, 0.1) is 0 Å². The quantitative estimate of drug-likeness (QED) is 0.713. The topological polar surface area (TPSA) is 46.3 Å². The summed E-state index contributed by atoms with van der Waals surface area (Å²) in [6.45, 7) is 3.88. The van der Waals surface area contributed by atoms with Crippen molar-refractivity contribution in [2.45, 2.75) is 51.5 Å². The predicted molar refractivity (Wildman–Crippen MR) is 60.4 cm³/mol. The molecule has 1 heterocycles. The van der Waals surface area contributed by atoms with Gasteiger partial charge in [-0.3, -0.25) is 4.79 Å². The van der Waals surface area contributed by atoms with Crippen molar-refractivity contribution in [1.29, 1.82) is 0 Å². The Morgan fingerprint density at radius 2 is 1.80 bits per heavy atom. The van der Waals surface area contributed by atoms with Crippen LogP contribution in [0.1, 0.15) is 45.4 Å². The summed E-state index contributed by atoms with van der Waals surface area (Å²) >= 11 is 0. The van der Waals surface area contributed by atoms with Crippen molar-refractivity contribution in [2.24, 2.45) is 11.1 Å². The van der Waals surface area contributed by atoms with Gasteiger partial charge in [0.25, 0.3) is 0 Å². The Hall–Kier alpha value is -0.570. The second-order valence-corrected chi connectivity index (χ2v) is 5.40. The zero-order chi connectivity index (χ0) is 10.9. The average Bonchev–Trinajstić information content (AvgIpc) is 2.67. The lowest BCUT2D eigenvalue weighted by Gasteiger charge is -2.36. The van der Waals surface area contributed by atoms with E-state index in [1.807, 2.05) is 4.90 Å². The fraction of sp³-hybridized carbons (Fsp3) is 0.917. The van der Waals surface area contributed by atoms with E-state index in [0.29, 0.717) is 11.9 Å². The second kappa shape index (κ2) is 4.12. The highest BCUT2D eigenvalue weighted by molar-refractivity contribution is 5.82. The summed E-state index contributed by atoms with van der Waals surface area (Å²) in [7, 11) is 0. The number of likely N-dealkylation sites (tertiary alicyclic amines) is 1. The normalized spacial score (nSPS) is 26.9. The molecule has 1 aliphatic carbocycles. The minimum Gasteiger partial charge on any atom is -0.342 e. The first-order valence-corrected chi connectivity index (χ1v) is 6.17. The van der Waals surface area contributed by atoms with Crippen molar-refractivity contribution >= 4 is 5.91 Å². The van der Waals surface area contributed by atoms with Crippen molar-refractivity contribution < 1.29 is 4.79 Å². The van der Waals surface area contributed by atoms with Gasteiger partial charge in [0, 0.05) is 24.5 Å². The molecule has 1 saturated heterocycles. The number of rotatable bonds is 1. The van der Waals surface area contributed by atoms with Gasteiger partial charge < -0.3 is 10.6 Å². The molecule has 0 bridgehead atoms. The lowest BCUT2D eigenvalue weighted by molar-refractivity contribution is -0.142. The maximum absolute atomic E-state index is 12.3. The van der Waals surface area contributed by atoms with Gasteiger partial charge >= 0.3 is 0 Å². The zero-order valence-corrected chi connectivity index (χ0v) is 9.67. The Morgan fingerprint density at radius 3 is 2.33 bits per heavy atom. The molecule has 1 saturated carbocycles. The fourth-order valence-corrected chi connectivity index (χ4v) is 2.85. The maximum Gasteiger partial charge on any atom is 0.228 e. The van der Waals surface area contributed by atoms with Crippen LogP contribution < -0.4 is 5.73 Å². The Kier molecular flexibility index (Phi) is 3.01. The van der Waals surface area contributed by atoms with Crippen molar-refractivity contribution in [3.63, 3.8) is 0 Å². The summed E-state index contributed by atoms with van der Waals surface area (Å²) in [6, 6.07) is 0.311. The molecular formula is C12H22N2O. The average molecular weight is 210 g/mol. The van der Waals surface area contributed by atoms with Crippen molar-refractivity contribution in [3.05, 3.63) is 0 Å². The molecule has 0 aromatic rings. The van der Waals surface area contributed by atoms with Crippen LogP contribution in [0.2, 0.25) is 0 Å². The van der Waals surface area contributed by atoms with Crippen molar-refractivity contribution in [2.75, 3.05) is 13.1 Å². The van der Waals surface area contributed by atoms with Crippen LogP contribution in [-0.4, -0.2) is 29.9 Å². The van der Waals surface area contributed by atoms with Gasteiger partial charge in [0.1, 0.15) is 0 Å². The number of hydrogen-bond acceptors (Lipinski definition) is 2. The van der Waals surface area contributed by atoms with E-state index < -0.39 is 0 Å². The molecule has 3 nitrogen and oxygen atoms in total. The molecule has 1 aliphatic heterocycles. The van der Waals surface area contributed by atoms with E-state index in [2.05, 4.69) is 6.92 Å². The summed E-state index contributed by atoms with van der Waals surface area (Å²) in [5.41, 5.74) is 5.79. The minimum absolute atomic E-state index is 0.0541. The Labute approximate surface area is 92.0 Å². The van der Waals surface area contributed by atoms with Gasteiger partial charge in [-0.25, -0.2) is 0 Å². The standard InChI is InChI=1S/C12H22N2O/c1-12(6-2-3-7-12)11(15)14-8-4-10(13)5-9-14/h10H,2-9,13H2,1H3. The van der Waals surface area contributed by atoms with E-state index in [1.165, 1.54) is 12.8 Å². The second-order valence-electron chi connectivity index (χ2n) is 5.40. The smallest absolute Gasteiger partial charge is 0.228 e. The molecular weight excluding hydrogens is 188 g/mol. The maximum atomic E-state index is 12.3. The summed E-state index contributed by atoms with van der Waals surface area (Å²) in [4.78, 5) is 14.4. The Morgan fingerprint density at radius 1 is 1.27 bits per heavy atom. The van der Waals surface area contributed by atoms with Crippen LogP contribution in [0.4, 0.5) is 0 Å². The number of carbonyl (C=O) groups excluding carboxylic acids is 1. The third-order valence-electron chi connectivity index (χ3n) is 4.05. The molecule has 2 fully saturated rings. The van der Waals surface area contributed by atoms with Gasteiger partial charge in [-0.15, -0.1) is 0 Å². The summed E-state index contributed by atoms with van der Waals surface area (Å²) in [5.74, 6) is 0.381. The molecule has 15 heavy (non-hydrogen) atoms. The first-order chi connectivity index (χ1) is 7.12. The van der Waals surface area contributed by atoms with E-state index >= 15 is 0 Å².